The van der Waals surface area contributed by atoms with Crippen molar-refractivity contribution in [2.45, 2.75) is 11.8 Å². The smallest absolute Gasteiger partial charge is 0.181 e. The molecule has 6 heteroatoms. The highest BCUT2D eigenvalue weighted by Gasteiger charge is 2.18. The summed E-state index contributed by atoms with van der Waals surface area (Å²) >= 11 is 0. The van der Waals surface area contributed by atoms with E-state index >= 15 is 0 Å². The lowest BCUT2D eigenvalue weighted by atomic mass is 10.3. The molecule has 0 bridgehead atoms. The molecule has 0 saturated heterocycles. The normalized spacial score (nSPS) is 10.3. The van der Waals surface area contributed by atoms with E-state index in [-0.39, 0.29) is 21.9 Å². The number of nitrogens with zero attached hydrogens (tertiary/aromatic N) is 3. The fourth-order valence-electron chi connectivity index (χ4n) is 0.982. The predicted molar refractivity (Wildman–Crippen MR) is 51.4 cm³/mol. The van der Waals surface area contributed by atoms with Crippen LogP contribution < -0.4 is 0 Å². The highest BCUT2D eigenvalue weighted by Crippen LogP contribution is 2.15. The summed E-state index contributed by atoms with van der Waals surface area (Å²) in [5.41, 5.74) is -0.0446. The number of hydrogen-bond acceptors (Lipinski definition) is 5. The molecule has 0 aliphatic heterocycles. The van der Waals surface area contributed by atoms with Gasteiger partial charge in [0.25, 0.3) is 0 Å². The number of nitriles is 2. The Morgan fingerprint density at radius 3 is 2.53 bits per heavy atom. The second-order valence-corrected chi connectivity index (χ2v) is 4.94. The lowest BCUT2D eigenvalue weighted by Crippen LogP contribution is -2.07. The summed E-state index contributed by atoms with van der Waals surface area (Å²) in [6.07, 6.45) is 1.17. The van der Waals surface area contributed by atoms with Gasteiger partial charge in [-0.1, -0.05) is 6.92 Å². The molecule has 0 aliphatic carbocycles. The van der Waals surface area contributed by atoms with E-state index in [0.29, 0.717) is 0 Å². The zero-order valence-electron chi connectivity index (χ0n) is 7.93. The first-order valence-corrected chi connectivity index (χ1v) is 5.73. The topological polar surface area (TPSA) is 94.6 Å². The standard InChI is InChI=1S/C9H7N3O2S/c1-2-15(13,14)9-3-7(4-10)6-12-8(9)5-11/h3,6H,2H2,1H3. The molecule has 5 nitrogen and oxygen atoms in total. The van der Waals surface area contributed by atoms with Crippen molar-refractivity contribution in [2.75, 3.05) is 5.75 Å². The Bertz CT molecular complexity index is 564. The zero-order chi connectivity index (χ0) is 11.5. The fraction of sp³-hybridized carbons (Fsp3) is 0.222. The molecule has 0 spiro atoms. The second kappa shape index (κ2) is 4.07. The molecule has 0 saturated carbocycles. The molecule has 1 rings (SSSR count). The van der Waals surface area contributed by atoms with E-state index < -0.39 is 9.84 Å². The van der Waals surface area contributed by atoms with Crippen LogP contribution in [0, 0.1) is 22.7 Å². The van der Waals surface area contributed by atoms with Crippen molar-refractivity contribution in [2.24, 2.45) is 0 Å². The second-order valence-electron chi connectivity index (χ2n) is 2.70. The number of hydrogen-bond donors (Lipinski definition) is 0. The number of rotatable bonds is 2. The first-order chi connectivity index (χ1) is 7.05. The first kappa shape index (κ1) is 11.2. The van der Waals surface area contributed by atoms with Crippen molar-refractivity contribution in [3.8, 4) is 12.1 Å². The monoisotopic (exact) mass is 221 g/mol. The molecule has 0 aliphatic rings. The van der Waals surface area contributed by atoms with Crippen LogP contribution in [0.1, 0.15) is 18.2 Å². The Labute approximate surface area is 87.5 Å². The maximum atomic E-state index is 11.5. The SMILES string of the molecule is CCS(=O)(=O)c1cc(C#N)cnc1C#N. The molecule has 1 aromatic rings. The van der Waals surface area contributed by atoms with Crippen molar-refractivity contribution in [3.63, 3.8) is 0 Å². The molecule has 0 aromatic carbocycles. The molecular weight excluding hydrogens is 214 g/mol. The van der Waals surface area contributed by atoms with Gasteiger partial charge in [-0.05, 0) is 6.07 Å². The molecule has 0 fully saturated rings. The average Bonchev–Trinajstić information content (AvgIpc) is 2.28. The number of sulfone groups is 1. The Kier molecular flexibility index (Phi) is 3.03. The Balaban J connectivity index is 3.54. The van der Waals surface area contributed by atoms with E-state index in [9.17, 15) is 8.42 Å². The third-order valence-corrected chi connectivity index (χ3v) is 3.54. The lowest BCUT2D eigenvalue weighted by molar-refractivity contribution is 0.596. The van der Waals surface area contributed by atoms with Crippen molar-refractivity contribution in [1.82, 2.24) is 4.98 Å². The van der Waals surface area contributed by atoms with Crippen molar-refractivity contribution < 1.29 is 8.42 Å². The quantitative estimate of drug-likeness (QED) is 0.729. The summed E-state index contributed by atoms with van der Waals surface area (Å²) in [7, 11) is -3.51. The molecule has 0 amide bonds. The molecule has 0 unspecified atom stereocenters. The minimum absolute atomic E-state index is 0.126. The van der Waals surface area contributed by atoms with Gasteiger partial charge in [-0.25, -0.2) is 13.4 Å². The van der Waals surface area contributed by atoms with Crippen LogP contribution in [0.5, 0.6) is 0 Å². The molecule has 0 N–H and O–H groups in total. The molecule has 0 radical (unpaired) electrons. The third kappa shape index (κ3) is 2.12. The van der Waals surface area contributed by atoms with Crippen LogP contribution in [0.2, 0.25) is 0 Å². The summed E-state index contributed by atoms with van der Waals surface area (Å²) in [5.74, 6) is -0.127. The van der Waals surface area contributed by atoms with E-state index in [1.807, 2.05) is 0 Å². The molecule has 1 heterocycles. The van der Waals surface area contributed by atoms with Gasteiger partial charge in [-0.15, -0.1) is 0 Å². The van der Waals surface area contributed by atoms with Gasteiger partial charge < -0.3 is 0 Å². The van der Waals surface area contributed by atoms with Crippen LogP contribution in [0.15, 0.2) is 17.2 Å². The van der Waals surface area contributed by atoms with Crippen molar-refractivity contribution in [3.05, 3.63) is 23.5 Å². The molecule has 15 heavy (non-hydrogen) atoms. The van der Waals surface area contributed by atoms with E-state index in [1.165, 1.54) is 19.2 Å². The van der Waals surface area contributed by atoms with Crippen LogP contribution in [0.4, 0.5) is 0 Å². The summed E-state index contributed by atoms with van der Waals surface area (Å²) in [5, 5.41) is 17.3. The summed E-state index contributed by atoms with van der Waals surface area (Å²) in [4.78, 5) is 3.44. The minimum atomic E-state index is -3.51. The Morgan fingerprint density at radius 1 is 1.40 bits per heavy atom. The van der Waals surface area contributed by atoms with Gasteiger partial charge in [0, 0.05) is 6.20 Å². The lowest BCUT2D eigenvalue weighted by Gasteiger charge is -2.02. The van der Waals surface area contributed by atoms with Gasteiger partial charge in [0.15, 0.2) is 15.5 Å². The van der Waals surface area contributed by atoms with E-state index in [1.54, 1.807) is 12.1 Å². The highest BCUT2D eigenvalue weighted by atomic mass is 32.2. The van der Waals surface area contributed by atoms with Gasteiger partial charge in [0.05, 0.1) is 11.3 Å². The maximum absolute atomic E-state index is 11.5. The largest absolute Gasteiger partial charge is 0.243 e. The first-order valence-electron chi connectivity index (χ1n) is 4.08. The van der Waals surface area contributed by atoms with Gasteiger partial charge in [-0.3, -0.25) is 0 Å². The van der Waals surface area contributed by atoms with E-state index in [2.05, 4.69) is 4.98 Å². The molecule has 76 valence electrons. The number of pyridine rings is 1. The molecule has 1 aromatic heterocycles. The average molecular weight is 221 g/mol. The highest BCUT2D eigenvalue weighted by molar-refractivity contribution is 7.91. The minimum Gasteiger partial charge on any atom is -0.243 e. The van der Waals surface area contributed by atoms with E-state index in [4.69, 9.17) is 10.5 Å². The van der Waals surface area contributed by atoms with Gasteiger partial charge in [0.2, 0.25) is 0 Å². The Morgan fingerprint density at radius 2 is 2.07 bits per heavy atom. The summed E-state index contributed by atoms with van der Waals surface area (Å²) in [6, 6.07) is 4.64. The van der Waals surface area contributed by atoms with Crippen LogP contribution in [-0.2, 0) is 9.84 Å². The van der Waals surface area contributed by atoms with Crippen LogP contribution >= 0.6 is 0 Å². The van der Waals surface area contributed by atoms with Crippen LogP contribution in [0.25, 0.3) is 0 Å². The predicted octanol–water partition coefficient (Wildman–Crippen LogP) is 0.619. The van der Waals surface area contributed by atoms with Gasteiger partial charge in [0.1, 0.15) is 17.0 Å². The van der Waals surface area contributed by atoms with Gasteiger partial charge in [-0.2, -0.15) is 10.5 Å². The van der Waals surface area contributed by atoms with Crippen molar-refractivity contribution in [1.29, 1.82) is 10.5 Å². The summed E-state index contributed by atoms with van der Waals surface area (Å²) < 4.78 is 23.1. The third-order valence-electron chi connectivity index (χ3n) is 1.80. The Hall–Kier alpha value is -1.92. The maximum Gasteiger partial charge on any atom is 0.181 e. The summed E-state index contributed by atoms with van der Waals surface area (Å²) in [6.45, 7) is 1.47. The van der Waals surface area contributed by atoms with Crippen LogP contribution in [0.3, 0.4) is 0 Å². The van der Waals surface area contributed by atoms with E-state index in [0.717, 1.165) is 0 Å². The van der Waals surface area contributed by atoms with Crippen LogP contribution in [-0.4, -0.2) is 19.2 Å². The van der Waals surface area contributed by atoms with Crippen molar-refractivity contribution >= 4 is 9.84 Å². The number of aromatic nitrogens is 1. The fourth-order valence-corrected chi connectivity index (χ4v) is 1.99. The van der Waals surface area contributed by atoms with Gasteiger partial charge >= 0.3 is 0 Å². The molecular formula is C9H7N3O2S. The zero-order valence-corrected chi connectivity index (χ0v) is 8.74. The molecule has 0 atom stereocenters.